The maximum atomic E-state index is 6.03. The monoisotopic (exact) mass is 250 g/mol. The van der Waals surface area contributed by atoms with Crippen LogP contribution in [-0.4, -0.2) is 16.3 Å². The molecule has 0 aliphatic carbocycles. The lowest BCUT2D eigenvalue weighted by molar-refractivity contribution is 0.747. The van der Waals surface area contributed by atoms with Crippen molar-refractivity contribution in [1.29, 1.82) is 0 Å². The van der Waals surface area contributed by atoms with Crippen LogP contribution in [0.15, 0.2) is 17.5 Å². The van der Waals surface area contributed by atoms with E-state index in [9.17, 15) is 0 Å². The van der Waals surface area contributed by atoms with Gasteiger partial charge in [-0.3, -0.25) is 4.68 Å². The van der Waals surface area contributed by atoms with Crippen LogP contribution in [0.3, 0.4) is 0 Å². The molecule has 92 valence electrons. The van der Waals surface area contributed by atoms with E-state index in [-0.39, 0.29) is 0 Å². The van der Waals surface area contributed by atoms with Gasteiger partial charge < -0.3 is 11.1 Å². The molecule has 0 aromatic carbocycles. The van der Waals surface area contributed by atoms with Crippen molar-refractivity contribution in [2.75, 3.05) is 17.6 Å². The van der Waals surface area contributed by atoms with Crippen molar-refractivity contribution >= 4 is 22.8 Å². The molecule has 4 nitrogen and oxygen atoms in total. The van der Waals surface area contributed by atoms with Crippen LogP contribution in [-0.2, 0) is 19.9 Å². The SMILES string of the molecule is CCc1nn(C)c(NCCc2cccs2)c1N. The van der Waals surface area contributed by atoms with Gasteiger partial charge in [0.25, 0.3) is 0 Å². The topological polar surface area (TPSA) is 55.9 Å². The van der Waals surface area contributed by atoms with Crippen LogP contribution < -0.4 is 11.1 Å². The van der Waals surface area contributed by atoms with E-state index in [1.54, 1.807) is 11.3 Å². The van der Waals surface area contributed by atoms with E-state index < -0.39 is 0 Å². The van der Waals surface area contributed by atoms with E-state index in [1.165, 1.54) is 4.88 Å². The molecule has 0 saturated carbocycles. The van der Waals surface area contributed by atoms with Gasteiger partial charge in [-0.1, -0.05) is 13.0 Å². The van der Waals surface area contributed by atoms with Gasteiger partial charge in [0, 0.05) is 18.5 Å². The standard InChI is InChI=1S/C12H18N4S/c1-3-10-11(13)12(16(2)15-10)14-7-6-9-5-4-8-17-9/h4-5,8,14H,3,6-7,13H2,1-2H3. The number of aryl methyl sites for hydroxylation is 2. The second-order valence-electron chi connectivity index (χ2n) is 3.94. The minimum Gasteiger partial charge on any atom is -0.394 e. The summed E-state index contributed by atoms with van der Waals surface area (Å²) in [7, 11) is 1.92. The first kappa shape index (κ1) is 12.0. The van der Waals surface area contributed by atoms with Crippen molar-refractivity contribution in [3.63, 3.8) is 0 Å². The van der Waals surface area contributed by atoms with E-state index in [0.717, 1.165) is 36.6 Å². The molecule has 0 bridgehead atoms. The summed E-state index contributed by atoms with van der Waals surface area (Å²) in [5, 5.41) is 9.83. The lowest BCUT2D eigenvalue weighted by Gasteiger charge is -2.06. The van der Waals surface area contributed by atoms with Crippen LogP contribution in [0.1, 0.15) is 17.5 Å². The molecule has 0 fully saturated rings. The molecule has 0 aliphatic rings. The fraction of sp³-hybridized carbons (Fsp3) is 0.417. The van der Waals surface area contributed by atoms with Crippen molar-refractivity contribution in [3.8, 4) is 0 Å². The maximum absolute atomic E-state index is 6.03. The number of rotatable bonds is 5. The summed E-state index contributed by atoms with van der Waals surface area (Å²) < 4.78 is 1.82. The number of aromatic nitrogens is 2. The Kier molecular flexibility index (Phi) is 3.68. The summed E-state index contributed by atoms with van der Waals surface area (Å²) in [6.07, 6.45) is 1.88. The quantitative estimate of drug-likeness (QED) is 0.856. The summed E-state index contributed by atoms with van der Waals surface area (Å²) in [4.78, 5) is 1.38. The first-order valence-electron chi connectivity index (χ1n) is 5.80. The van der Waals surface area contributed by atoms with Crippen molar-refractivity contribution in [2.24, 2.45) is 7.05 Å². The molecule has 2 aromatic rings. The van der Waals surface area contributed by atoms with Gasteiger partial charge in [-0.15, -0.1) is 11.3 Å². The second-order valence-corrected chi connectivity index (χ2v) is 4.97. The van der Waals surface area contributed by atoms with E-state index in [4.69, 9.17) is 5.73 Å². The van der Waals surface area contributed by atoms with Gasteiger partial charge in [-0.05, 0) is 24.3 Å². The third-order valence-corrected chi connectivity index (χ3v) is 3.68. The minimum atomic E-state index is 0.779. The number of anilines is 2. The Morgan fingerprint density at radius 3 is 2.94 bits per heavy atom. The van der Waals surface area contributed by atoms with Gasteiger partial charge >= 0.3 is 0 Å². The average molecular weight is 250 g/mol. The van der Waals surface area contributed by atoms with E-state index in [1.807, 2.05) is 11.7 Å². The molecule has 0 amide bonds. The molecule has 2 rings (SSSR count). The zero-order chi connectivity index (χ0) is 12.3. The molecule has 0 atom stereocenters. The number of hydrogen-bond acceptors (Lipinski definition) is 4. The lowest BCUT2D eigenvalue weighted by atomic mass is 10.3. The maximum Gasteiger partial charge on any atom is 0.147 e. The molecule has 3 N–H and O–H groups in total. The van der Waals surface area contributed by atoms with Crippen molar-refractivity contribution in [2.45, 2.75) is 19.8 Å². The average Bonchev–Trinajstić information content (AvgIpc) is 2.91. The van der Waals surface area contributed by atoms with Crippen LogP contribution in [0.25, 0.3) is 0 Å². The number of thiophene rings is 1. The van der Waals surface area contributed by atoms with Crippen LogP contribution in [0, 0.1) is 0 Å². The molecule has 0 aliphatic heterocycles. The van der Waals surface area contributed by atoms with E-state index in [2.05, 4.69) is 34.9 Å². The Hall–Kier alpha value is -1.49. The molecule has 2 aromatic heterocycles. The zero-order valence-corrected chi connectivity index (χ0v) is 11.0. The normalized spacial score (nSPS) is 10.7. The number of nitrogens with one attached hydrogen (secondary N) is 1. The fourth-order valence-electron chi connectivity index (χ4n) is 1.83. The van der Waals surface area contributed by atoms with Crippen molar-refractivity contribution in [1.82, 2.24) is 9.78 Å². The van der Waals surface area contributed by atoms with Gasteiger partial charge in [0.1, 0.15) is 5.82 Å². The predicted molar refractivity (Wildman–Crippen MR) is 73.5 cm³/mol. The highest BCUT2D eigenvalue weighted by Crippen LogP contribution is 2.22. The summed E-state index contributed by atoms with van der Waals surface area (Å²) in [5.41, 5.74) is 7.77. The molecular weight excluding hydrogens is 232 g/mol. The van der Waals surface area contributed by atoms with Gasteiger partial charge in [0.15, 0.2) is 0 Å². The minimum absolute atomic E-state index is 0.779. The van der Waals surface area contributed by atoms with Gasteiger partial charge in [0.05, 0.1) is 11.4 Å². The van der Waals surface area contributed by atoms with Crippen LogP contribution >= 0.6 is 11.3 Å². The highest BCUT2D eigenvalue weighted by molar-refractivity contribution is 7.09. The molecule has 5 heteroatoms. The number of hydrogen-bond donors (Lipinski definition) is 2. The third kappa shape index (κ3) is 2.61. The smallest absolute Gasteiger partial charge is 0.147 e. The Balaban J connectivity index is 1.97. The van der Waals surface area contributed by atoms with Crippen molar-refractivity contribution in [3.05, 3.63) is 28.1 Å². The Bertz CT molecular complexity index is 473. The van der Waals surface area contributed by atoms with Crippen molar-refractivity contribution < 1.29 is 0 Å². The fourth-order valence-corrected chi connectivity index (χ4v) is 2.53. The molecular formula is C12H18N4S. The van der Waals surface area contributed by atoms with Crippen LogP contribution in [0.5, 0.6) is 0 Å². The van der Waals surface area contributed by atoms with Gasteiger partial charge in [-0.2, -0.15) is 5.10 Å². The molecule has 0 unspecified atom stereocenters. The summed E-state index contributed by atoms with van der Waals surface area (Å²) in [6.45, 7) is 2.95. The highest BCUT2D eigenvalue weighted by Gasteiger charge is 2.10. The number of nitrogens with two attached hydrogens (primary N) is 1. The molecule has 0 spiro atoms. The number of nitrogens with zero attached hydrogens (tertiary/aromatic N) is 2. The van der Waals surface area contributed by atoms with E-state index >= 15 is 0 Å². The predicted octanol–water partition coefficient (Wildman–Crippen LogP) is 2.28. The lowest BCUT2D eigenvalue weighted by Crippen LogP contribution is -2.09. The van der Waals surface area contributed by atoms with E-state index in [0.29, 0.717) is 0 Å². The summed E-state index contributed by atoms with van der Waals surface area (Å²) in [6, 6.07) is 4.23. The molecule has 0 radical (unpaired) electrons. The Labute approximate surface area is 105 Å². The molecule has 2 heterocycles. The Morgan fingerprint density at radius 2 is 2.35 bits per heavy atom. The van der Waals surface area contributed by atoms with Crippen LogP contribution in [0.4, 0.5) is 11.5 Å². The van der Waals surface area contributed by atoms with Gasteiger partial charge in [-0.25, -0.2) is 0 Å². The number of nitrogen functional groups attached to an aromatic ring is 1. The highest BCUT2D eigenvalue weighted by atomic mass is 32.1. The summed E-state index contributed by atoms with van der Waals surface area (Å²) in [5.74, 6) is 0.929. The molecule has 17 heavy (non-hydrogen) atoms. The van der Waals surface area contributed by atoms with Gasteiger partial charge in [0.2, 0.25) is 0 Å². The van der Waals surface area contributed by atoms with Crippen LogP contribution in [0.2, 0.25) is 0 Å². The third-order valence-electron chi connectivity index (χ3n) is 2.74. The first-order valence-corrected chi connectivity index (χ1v) is 6.68. The Morgan fingerprint density at radius 1 is 1.53 bits per heavy atom. The largest absolute Gasteiger partial charge is 0.394 e. The first-order chi connectivity index (χ1) is 8.22. The zero-order valence-electron chi connectivity index (χ0n) is 10.2. The molecule has 0 saturated heterocycles. The second kappa shape index (κ2) is 5.23. The summed E-state index contributed by atoms with van der Waals surface area (Å²) >= 11 is 1.78.